The second kappa shape index (κ2) is 6.91. The molecule has 1 aliphatic heterocycles. The molecular formula is C15H18N4O3S. The number of aromatic nitrogens is 2. The highest BCUT2D eigenvalue weighted by Crippen LogP contribution is 2.23. The second-order valence-electron chi connectivity index (χ2n) is 5.37. The predicted molar refractivity (Wildman–Crippen MR) is 84.8 cm³/mol. The summed E-state index contributed by atoms with van der Waals surface area (Å²) >= 11 is 1.54. The zero-order valence-corrected chi connectivity index (χ0v) is 13.7. The molecule has 23 heavy (non-hydrogen) atoms. The number of hydrogen-bond donors (Lipinski definition) is 0. The van der Waals surface area contributed by atoms with Gasteiger partial charge in [0.05, 0.1) is 4.88 Å². The lowest BCUT2D eigenvalue weighted by molar-refractivity contribution is -0.138. The van der Waals surface area contributed by atoms with Crippen LogP contribution >= 0.6 is 11.3 Å². The summed E-state index contributed by atoms with van der Waals surface area (Å²) in [5.41, 5.74) is 0. The van der Waals surface area contributed by atoms with Crippen LogP contribution in [0.5, 0.6) is 0 Å². The van der Waals surface area contributed by atoms with Crippen molar-refractivity contribution < 1.29 is 14.0 Å². The largest absolute Gasteiger partial charge is 0.420 e. The van der Waals surface area contributed by atoms with Crippen LogP contribution in [0.1, 0.15) is 19.2 Å². The molecule has 0 N–H and O–H groups in total. The summed E-state index contributed by atoms with van der Waals surface area (Å²) in [7, 11) is 0. The molecule has 0 aliphatic carbocycles. The first-order chi connectivity index (χ1) is 11.1. The van der Waals surface area contributed by atoms with Crippen LogP contribution in [-0.2, 0) is 16.0 Å². The van der Waals surface area contributed by atoms with Crippen molar-refractivity contribution in [2.24, 2.45) is 0 Å². The minimum absolute atomic E-state index is 0.0593. The van der Waals surface area contributed by atoms with Crippen LogP contribution in [0.4, 0.5) is 0 Å². The molecule has 0 atom stereocenters. The number of aryl methyl sites for hydroxylation is 1. The molecule has 0 saturated carbocycles. The molecule has 2 amide bonds. The maximum atomic E-state index is 12.2. The van der Waals surface area contributed by atoms with Gasteiger partial charge in [0, 0.05) is 45.9 Å². The van der Waals surface area contributed by atoms with E-state index in [1.807, 2.05) is 17.5 Å². The van der Waals surface area contributed by atoms with E-state index in [1.54, 1.807) is 16.7 Å². The Bertz CT molecular complexity index is 675. The van der Waals surface area contributed by atoms with Crippen LogP contribution < -0.4 is 0 Å². The van der Waals surface area contributed by atoms with E-state index in [0.29, 0.717) is 50.8 Å². The van der Waals surface area contributed by atoms with Crippen LogP contribution in [-0.4, -0.2) is 58.0 Å². The molecule has 3 heterocycles. The van der Waals surface area contributed by atoms with E-state index >= 15 is 0 Å². The van der Waals surface area contributed by atoms with Crippen LogP contribution in [0.3, 0.4) is 0 Å². The molecule has 0 aromatic carbocycles. The highest BCUT2D eigenvalue weighted by Gasteiger charge is 2.22. The van der Waals surface area contributed by atoms with Crippen LogP contribution in [0.25, 0.3) is 10.8 Å². The first-order valence-corrected chi connectivity index (χ1v) is 8.41. The van der Waals surface area contributed by atoms with E-state index < -0.39 is 0 Å². The van der Waals surface area contributed by atoms with E-state index in [-0.39, 0.29) is 11.8 Å². The molecule has 3 rings (SSSR count). The SMILES string of the molecule is CC(=O)N1CCN(C(=O)CCc2nnc(-c3cccs3)o2)CC1. The number of carbonyl (C=O) groups excluding carboxylic acids is 2. The van der Waals surface area contributed by atoms with Gasteiger partial charge in [0.2, 0.25) is 17.7 Å². The van der Waals surface area contributed by atoms with Gasteiger partial charge in [-0.1, -0.05) is 6.07 Å². The summed E-state index contributed by atoms with van der Waals surface area (Å²) in [5.74, 6) is 1.09. The molecular weight excluding hydrogens is 316 g/mol. The van der Waals surface area contributed by atoms with Gasteiger partial charge in [-0.3, -0.25) is 9.59 Å². The lowest BCUT2D eigenvalue weighted by Crippen LogP contribution is -2.50. The van der Waals surface area contributed by atoms with Gasteiger partial charge in [0.15, 0.2) is 0 Å². The van der Waals surface area contributed by atoms with Gasteiger partial charge in [-0.15, -0.1) is 21.5 Å². The highest BCUT2D eigenvalue weighted by molar-refractivity contribution is 7.13. The molecule has 8 heteroatoms. The van der Waals surface area contributed by atoms with Crippen molar-refractivity contribution in [1.82, 2.24) is 20.0 Å². The Labute approximate surface area is 137 Å². The quantitative estimate of drug-likeness (QED) is 0.845. The maximum Gasteiger partial charge on any atom is 0.257 e. The highest BCUT2D eigenvalue weighted by atomic mass is 32.1. The summed E-state index contributed by atoms with van der Waals surface area (Å²) < 4.78 is 5.58. The van der Waals surface area contributed by atoms with Crippen LogP contribution in [0.15, 0.2) is 21.9 Å². The minimum atomic E-state index is 0.0593. The summed E-state index contributed by atoms with van der Waals surface area (Å²) in [4.78, 5) is 28.0. The van der Waals surface area contributed by atoms with E-state index in [0.717, 1.165) is 4.88 Å². The van der Waals surface area contributed by atoms with Gasteiger partial charge < -0.3 is 14.2 Å². The third kappa shape index (κ3) is 3.76. The van der Waals surface area contributed by atoms with Crippen LogP contribution in [0, 0.1) is 0 Å². The number of piperazine rings is 1. The Morgan fingerprint density at radius 2 is 1.96 bits per heavy atom. The predicted octanol–water partition coefficient (Wildman–Crippen LogP) is 1.42. The van der Waals surface area contributed by atoms with Crippen molar-refractivity contribution in [3.63, 3.8) is 0 Å². The molecule has 1 aliphatic rings. The molecule has 2 aromatic rings. The summed E-state index contributed by atoms with van der Waals surface area (Å²) in [6.07, 6.45) is 0.774. The zero-order valence-electron chi connectivity index (χ0n) is 12.9. The Hall–Kier alpha value is -2.22. The molecule has 0 radical (unpaired) electrons. The first kappa shape index (κ1) is 15.7. The normalized spacial score (nSPS) is 15.0. The lowest BCUT2D eigenvalue weighted by Gasteiger charge is -2.34. The third-order valence-electron chi connectivity index (χ3n) is 3.83. The second-order valence-corrected chi connectivity index (χ2v) is 6.31. The number of nitrogens with zero attached hydrogens (tertiary/aromatic N) is 4. The topological polar surface area (TPSA) is 79.5 Å². The number of carbonyl (C=O) groups is 2. The smallest absolute Gasteiger partial charge is 0.257 e. The zero-order chi connectivity index (χ0) is 16.2. The standard InChI is InChI=1S/C15H18N4O3S/c1-11(20)18-6-8-19(9-7-18)14(21)5-4-13-16-17-15(22-13)12-3-2-10-23-12/h2-3,10H,4-9H2,1H3. The molecule has 0 bridgehead atoms. The van der Waals surface area contributed by atoms with E-state index in [1.165, 1.54) is 11.3 Å². The Morgan fingerprint density at radius 3 is 2.61 bits per heavy atom. The minimum Gasteiger partial charge on any atom is -0.420 e. The van der Waals surface area contributed by atoms with Crippen molar-refractivity contribution in [3.05, 3.63) is 23.4 Å². The van der Waals surface area contributed by atoms with Gasteiger partial charge in [0.25, 0.3) is 5.89 Å². The van der Waals surface area contributed by atoms with Crippen LogP contribution in [0.2, 0.25) is 0 Å². The monoisotopic (exact) mass is 334 g/mol. The van der Waals surface area contributed by atoms with Crippen molar-refractivity contribution in [3.8, 4) is 10.8 Å². The maximum absolute atomic E-state index is 12.2. The summed E-state index contributed by atoms with van der Waals surface area (Å²) in [6, 6.07) is 3.84. The number of rotatable bonds is 4. The molecule has 0 unspecified atom stereocenters. The van der Waals surface area contributed by atoms with E-state index in [4.69, 9.17) is 4.42 Å². The lowest BCUT2D eigenvalue weighted by atomic mass is 10.2. The van der Waals surface area contributed by atoms with Crippen molar-refractivity contribution in [2.75, 3.05) is 26.2 Å². The van der Waals surface area contributed by atoms with E-state index in [2.05, 4.69) is 10.2 Å². The number of hydrogen-bond acceptors (Lipinski definition) is 6. The van der Waals surface area contributed by atoms with Gasteiger partial charge in [-0.05, 0) is 11.4 Å². The molecule has 1 saturated heterocycles. The fraction of sp³-hybridized carbons (Fsp3) is 0.467. The van der Waals surface area contributed by atoms with Gasteiger partial charge in [-0.25, -0.2) is 0 Å². The summed E-state index contributed by atoms with van der Waals surface area (Å²) in [6.45, 7) is 3.93. The number of amides is 2. The first-order valence-electron chi connectivity index (χ1n) is 7.53. The van der Waals surface area contributed by atoms with E-state index in [9.17, 15) is 9.59 Å². The summed E-state index contributed by atoms with van der Waals surface area (Å²) in [5, 5.41) is 9.94. The fourth-order valence-corrected chi connectivity index (χ4v) is 3.14. The van der Waals surface area contributed by atoms with Crippen molar-refractivity contribution >= 4 is 23.2 Å². The average molecular weight is 334 g/mol. The van der Waals surface area contributed by atoms with Gasteiger partial charge >= 0.3 is 0 Å². The number of thiophene rings is 1. The van der Waals surface area contributed by atoms with Crippen molar-refractivity contribution in [1.29, 1.82) is 0 Å². The van der Waals surface area contributed by atoms with Gasteiger partial charge in [-0.2, -0.15) is 0 Å². The molecule has 0 spiro atoms. The molecule has 122 valence electrons. The fourth-order valence-electron chi connectivity index (χ4n) is 2.50. The molecule has 2 aromatic heterocycles. The van der Waals surface area contributed by atoms with Crippen molar-refractivity contribution in [2.45, 2.75) is 19.8 Å². The van der Waals surface area contributed by atoms with Gasteiger partial charge in [0.1, 0.15) is 0 Å². The Kier molecular flexibility index (Phi) is 4.71. The Balaban J connectivity index is 1.49. The molecule has 1 fully saturated rings. The molecule has 7 nitrogen and oxygen atoms in total. The Morgan fingerprint density at radius 1 is 1.22 bits per heavy atom. The average Bonchev–Trinajstić information content (AvgIpc) is 3.23. The third-order valence-corrected chi connectivity index (χ3v) is 4.69.